The Labute approximate surface area is 146 Å². The summed E-state index contributed by atoms with van der Waals surface area (Å²) in [5, 5.41) is 6.16. The van der Waals surface area contributed by atoms with E-state index in [-0.39, 0.29) is 11.8 Å². The Morgan fingerprint density at radius 2 is 1.72 bits per heavy atom. The Kier molecular flexibility index (Phi) is 4.84. The van der Waals surface area contributed by atoms with Crippen molar-refractivity contribution in [2.75, 3.05) is 7.05 Å². The Balaban J connectivity index is 1.93. The SMILES string of the molecule is CNC(=O)[C@H](C)NC(=O)c1cn(Cc2ccccc2)c2ccccc12. The number of aromatic nitrogens is 1. The fraction of sp³-hybridized carbons (Fsp3) is 0.200. The number of likely N-dealkylation sites (N-methyl/N-ethyl adjacent to an activating group) is 1. The summed E-state index contributed by atoms with van der Waals surface area (Å²) in [5.74, 6) is -0.472. The van der Waals surface area contributed by atoms with Crippen LogP contribution in [0.1, 0.15) is 22.8 Å². The highest BCUT2D eigenvalue weighted by Gasteiger charge is 2.19. The molecule has 5 nitrogen and oxygen atoms in total. The number of nitrogens with zero attached hydrogens (tertiary/aromatic N) is 1. The molecule has 1 heterocycles. The number of hydrogen-bond donors (Lipinski definition) is 2. The predicted octanol–water partition coefficient (Wildman–Crippen LogP) is 2.55. The number of fused-ring (bicyclic) bond motifs is 1. The molecule has 0 saturated carbocycles. The quantitative estimate of drug-likeness (QED) is 0.753. The number of benzene rings is 2. The Morgan fingerprint density at radius 3 is 2.44 bits per heavy atom. The van der Waals surface area contributed by atoms with E-state index in [4.69, 9.17) is 0 Å². The summed E-state index contributed by atoms with van der Waals surface area (Å²) >= 11 is 0. The molecule has 5 heteroatoms. The van der Waals surface area contributed by atoms with Crippen LogP contribution in [-0.4, -0.2) is 29.5 Å². The highest BCUT2D eigenvalue weighted by molar-refractivity contribution is 6.08. The van der Waals surface area contributed by atoms with Gasteiger partial charge in [-0.2, -0.15) is 0 Å². The number of rotatable bonds is 5. The zero-order chi connectivity index (χ0) is 17.8. The van der Waals surface area contributed by atoms with Gasteiger partial charge in [-0.05, 0) is 18.6 Å². The van der Waals surface area contributed by atoms with Gasteiger partial charge in [0.05, 0.1) is 5.56 Å². The van der Waals surface area contributed by atoms with Gasteiger partial charge < -0.3 is 15.2 Å². The van der Waals surface area contributed by atoms with E-state index < -0.39 is 6.04 Å². The summed E-state index contributed by atoms with van der Waals surface area (Å²) in [5.41, 5.74) is 2.72. The average Bonchev–Trinajstić information content (AvgIpc) is 3.00. The number of carbonyl (C=O) groups excluding carboxylic acids is 2. The Bertz CT molecular complexity index is 900. The monoisotopic (exact) mass is 335 g/mol. The second-order valence-corrected chi connectivity index (χ2v) is 5.98. The smallest absolute Gasteiger partial charge is 0.254 e. The molecule has 3 rings (SSSR count). The van der Waals surface area contributed by atoms with Crippen LogP contribution in [0.5, 0.6) is 0 Å². The van der Waals surface area contributed by atoms with Gasteiger partial charge in [0.1, 0.15) is 6.04 Å². The van der Waals surface area contributed by atoms with Gasteiger partial charge in [0.15, 0.2) is 0 Å². The van der Waals surface area contributed by atoms with Crippen molar-refractivity contribution in [1.82, 2.24) is 15.2 Å². The lowest BCUT2D eigenvalue weighted by molar-refractivity contribution is -0.122. The van der Waals surface area contributed by atoms with Gasteiger partial charge in [-0.1, -0.05) is 48.5 Å². The van der Waals surface area contributed by atoms with Crippen molar-refractivity contribution in [3.8, 4) is 0 Å². The minimum Gasteiger partial charge on any atom is -0.357 e. The lowest BCUT2D eigenvalue weighted by atomic mass is 10.1. The van der Waals surface area contributed by atoms with Crippen LogP contribution >= 0.6 is 0 Å². The van der Waals surface area contributed by atoms with Crippen LogP contribution < -0.4 is 10.6 Å². The second-order valence-electron chi connectivity index (χ2n) is 5.98. The van der Waals surface area contributed by atoms with Crippen LogP contribution in [0, 0.1) is 0 Å². The van der Waals surface area contributed by atoms with E-state index in [1.807, 2.05) is 48.7 Å². The van der Waals surface area contributed by atoms with Gasteiger partial charge >= 0.3 is 0 Å². The molecular formula is C20H21N3O2. The summed E-state index contributed by atoms with van der Waals surface area (Å²) in [6.45, 7) is 2.35. The molecule has 0 aliphatic rings. The Morgan fingerprint density at radius 1 is 1.04 bits per heavy atom. The van der Waals surface area contributed by atoms with E-state index in [0.717, 1.165) is 16.5 Å². The minimum atomic E-state index is -0.589. The molecule has 25 heavy (non-hydrogen) atoms. The van der Waals surface area contributed by atoms with Gasteiger partial charge in [0.2, 0.25) is 5.91 Å². The van der Waals surface area contributed by atoms with E-state index in [9.17, 15) is 9.59 Å². The third-order valence-electron chi connectivity index (χ3n) is 4.22. The minimum absolute atomic E-state index is 0.221. The predicted molar refractivity (Wildman–Crippen MR) is 98.5 cm³/mol. The number of para-hydroxylation sites is 1. The average molecular weight is 335 g/mol. The molecule has 1 atom stereocenters. The molecule has 0 fully saturated rings. The Hall–Kier alpha value is -3.08. The normalized spacial score (nSPS) is 11.9. The summed E-state index contributed by atoms with van der Waals surface area (Å²) in [4.78, 5) is 24.3. The van der Waals surface area contributed by atoms with Gasteiger partial charge in [-0.3, -0.25) is 9.59 Å². The van der Waals surface area contributed by atoms with E-state index in [1.54, 1.807) is 14.0 Å². The summed E-state index contributed by atoms with van der Waals surface area (Å²) < 4.78 is 2.06. The molecule has 2 amide bonds. The van der Waals surface area contributed by atoms with Gasteiger partial charge in [0, 0.05) is 30.7 Å². The van der Waals surface area contributed by atoms with Crippen molar-refractivity contribution in [2.24, 2.45) is 0 Å². The molecule has 2 N–H and O–H groups in total. The number of carbonyl (C=O) groups is 2. The van der Waals surface area contributed by atoms with Crippen LogP contribution in [0.3, 0.4) is 0 Å². The van der Waals surface area contributed by atoms with Gasteiger partial charge in [-0.15, -0.1) is 0 Å². The van der Waals surface area contributed by atoms with Crippen LogP contribution in [0.25, 0.3) is 10.9 Å². The third-order valence-corrected chi connectivity index (χ3v) is 4.22. The molecule has 1 aromatic heterocycles. The van der Waals surface area contributed by atoms with Crippen molar-refractivity contribution in [1.29, 1.82) is 0 Å². The van der Waals surface area contributed by atoms with E-state index in [0.29, 0.717) is 12.1 Å². The first-order chi connectivity index (χ1) is 12.1. The summed E-state index contributed by atoms with van der Waals surface area (Å²) in [6.07, 6.45) is 1.85. The van der Waals surface area contributed by atoms with E-state index in [1.165, 1.54) is 0 Å². The van der Waals surface area contributed by atoms with Crippen molar-refractivity contribution in [3.05, 3.63) is 71.9 Å². The maximum atomic E-state index is 12.7. The van der Waals surface area contributed by atoms with Crippen molar-refractivity contribution in [2.45, 2.75) is 19.5 Å². The highest BCUT2D eigenvalue weighted by Crippen LogP contribution is 2.22. The lowest BCUT2D eigenvalue weighted by Gasteiger charge is -2.11. The van der Waals surface area contributed by atoms with Crippen LogP contribution in [0.4, 0.5) is 0 Å². The molecule has 0 aliphatic carbocycles. The maximum absolute atomic E-state index is 12.7. The van der Waals surface area contributed by atoms with Crippen molar-refractivity contribution in [3.63, 3.8) is 0 Å². The molecule has 0 radical (unpaired) electrons. The first-order valence-corrected chi connectivity index (χ1v) is 8.24. The molecule has 3 aromatic rings. The summed E-state index contributed by atoms with van der Waals surface area (Å²) in [7, 11) is 1.55. The first kappa shape index (κ1) is 16.8. The third kappa shape index (κ3) is 3.55. The molecule has 0 spiro atoms. The topological polar surface area (TPSA) is 63.1 Å². The van der Waals surface area contributed by atoms with Gasteiger partial charge in [0.25, 0.3) is 5.91 Å². The molecular weight excluding hydrogens is 314 g/mol. The van der Waals surface area contributed by atoms with Crippen molar-refractivity contribution < 1.29 is 9.59 Å². The van der Waals surface area contributed by atoms with Crippen LogP contribution in [0.2, 0.25) is 0 Å². The fourth-order valence-corrected chi connectivity index (χ4v) is 2.90. The largest absolute Gasteiger partial charge is 0.357 e. The standard InChI is InChI=1S/C20H21N3O2/c1-14(19(24)21-2)22-20(25)17-13-23(12-15-8-4-3-5-9-15)18-11-7-6-10-16(17)18/h3-11,13-14H,12H2,1-2H3,(H,21,24)(H,22,25)/t14-/m0/s1. The number of amides is 2. The molecule has 0 saturated heterocycles. The van der Waals surface area contributed by atoms with Crippen molar-refractivity contribution >= 4 is 22.7 Å². The van der Waals surface area contributed by atoms with Gasteiger partial charge in [-0.25, -0.2) is 0 Å². The lowest BCUT2D eigenvalue weighted by Crippen LogP contribution is -2.43. The van der Waals surface area contributed by atoms with Crippen LogP contribution in [0.15, 0.2) is 60.8 Å². The molecule has 0 aliphatic heterocycles. The second kappa shape index (κ2) is 7.21. The maximum Gasteiger partial charge on any atom is 0.254 e. The molecule has 2 aromatic carbocycles. The molecule has 128 valence electrons. The molecule has 0 unspecified atom stereocenters. The van der Waals surface area contributed by atoms with Crippen LogP contribution in [-0.2, 0) is 11.3 Å². The molecule has 0 bridgehead atoms. The highest BCUT2D eigenvalue weighted by atomic mass is 16.2. The zero-order valence-electron chi connectivity index (χ0n) is 14.3. The number of nitrogens with one attached hydrogen (secondary N) is 2. The zero-order valence-corrected chi connectivity index (χ0v) is 14.3. The first-order valence-electron chi connectivity index (χ1n) is 8.24. The van der Waals surface area contributed by atoms with E-state index >= 15 is 0 Å². The van der Waals surface area contributed by atoms with E-state index in [2.05, 4.69) is 27.3 Å². The summed E-state index contributed by atoms with van der Waals surface area (Å²) in [6, 6.07) is 17.3. The number of hydrogen-bond acceptors (Lipinski definition) is 2. The fourth-order valence-electron chi connectivity index (χ4n) is 2.90.